The van der Waals surface area contributed by atoms with Crippen molar-refractivity contribution in [3.63, 3.8) is 0 Å². The lowest BCUT2D eigenvalue weighted by molar-refractivity contribution is 0.141. The third kappa shape index (κ3) is 4.52. The van der Waals surface area contributed by atoms with Gasteiger partial charge in [-0.25, -0.2) is 13.8 Å². The number of nitrogens with one attached hydrogen (secondary N) is 1. The molecule has 0 saturated carbocycles. The molecule has 0 aliphatic carbocycles. The van der Waals surface area contributed by atoms with Crippen molar-refractivity contribution in [2.45, 2.75) is 19.8 Å². The number of nitrogen functional groups attached to an aromatic ring is 1. The molecular weight excluding hydrogens is 228 g/mol. The molecule has 3 N–H and O–H groups in total. The summed E-state index contributed by atoms with van der Waals surface area (Å²) >= 11 is 0. The van der Waals surface area contributed by atoms with Crippen LogP contribution in [0.5, 0.6) is 0 Å². The highest BCUT2D eigenvalue weighted by atomic mass is 19.1. The Kier molecular flexibility index (Phi) is 5.62. The van der Waals surface area contributed by atoms with Crippen molar-refractivity contribution >= 4 is 11.6 Å². The van der Waals surface area contributed by atoms with Gasteiger partial charge in [-0.05, 0) is 6.42 Å². The highest BCUT2D eigenvalue weighted by molar-refractivity contribution is 5.44. The van der Waals surface area contributed by atoms with Gasteiger partial charge in [-0.15, -0.1) is 0 Å². The molecule has 0 aromatic carbocycles. The van der Waals surface area contributed by atoms with Gasteiger partial charge in [0.25, 0.3) is 0 Å². The van der Waals surface area contributed by atoms with Gasteiger partial charge in [0.15, 0.2) is 23.3 Å². The van der Waals surface area contributed by atoms with Crippen LogP contribution in [0.15, 0.2) is 6.07 Å². The second-order valence-corrected chi connectivity index (χ2v) is 3.58. The van der Waals surface area contributed by atoms with Crippen LogP contribution in [0, 0.1) is 11.6 Å². The Morgan fingerprint density at radius 2 is 2.12 bits per heavy atom. The predicted molar refractivity (Wildman–Crippen MR) is 62.8 cm³/mol. The molecule has 96 valence electrons. The first kappa shape index (κ1) is 13.6. The van der Waals surface area contributed by atoms with Gasteiger partial charge < -0.3 is 15.8 Å². The van der Waals surface area contributed by atoms with Crippen molar-refractivity contribution in [3.05, 3.63) is 17.7 Å². The van der Waals surface area contributed by atoms with E-state index in [1.54, 1.807) is 0 Å². The molecule has 1 aromatic heterocycles. The zero-order valence-electron chi connectivity index (χ0n) is 9.80. The molecule has 0 aliphatic heterocycles. The summed E-state index contributed by atoms with van der Waals surface area (Å²) in [5, 5.41) is 2.70. The second kappa shape index (κ2) is 7.01. The van der Waals surface area contributed by atoms with Crippen molar-refractivity contribution in [3.8, 4) is 0 Å². The van der Waals surface area contributed by atoms with Crippen LogP contribution in [0.25, 0.3) is 0 Å². The average molecular weight is 245 g/mol. The number of hydrogen-bond donors (Lipinski definition) is 2. The van der Waals surface area contributed by atoms with E-state index in [9.17, 15) is 8.78 Å². The zero-order chi connectivity index (χ0) is 12.7. The van der Waals surface area contributed by atoms with E-state index in [0.717, 1.165) is 12.8 Å². The summed E-state index contributed by atoms with van der Waals surface area (Å²) in [4.78, 5) is 3.57. The van der Waals surface area contributed by atoms with Crippen LogP contribution in [-0.4, -0.2) is 24.7 Å². The first-order valence-electron chi connectivity index (χ1n) is 5.58. The molecule has 0 spiro atoms. The number of unbranched alkanes of at least 4 members (excludes halogenated alkanes) is 1. The van der Waals surface area contributed by atoms with Gasteiger partial charge in [0, 0.05) is 19.2 Å². The van der Waals surface area contributed by atoms with E-state index in [4.69, 9.17) is 10.5 Å². The molecule has 6 heteroatoms. The predicted octanol–water partition coefficient (Wildman–Crippen LogP) is 2.17. The summed E-state index contributed by atoms with van der Waals surface area (Å²) in [5.41, 5.74) is 5.24. The maximum absolute atomic E-state index is 13.2. The number of nitrogens with two attached hydrogens (primary N) is 1. The van der Waals surface area contributed by atoms with E-state index >= 15 is 0 Å². The number of pyridine rings is 1. The van der Waals surface area contributed by atoms with Crippen molar-refractivity contribution in [2.75, 3.05) is 30.8 Å². The van der Waals surface area contributed by atoms with Crippen LogP contribution < -0.4 is 11.1 Å². The summed E-state index contributed by atoms with van der Waals surface area (Å²) in [6.45, 7) is 3.60. The highest BCUT2D eigenvalue weighted by Gasteiger charge is 2.08. The Morgan fingerprint density at radius 3 is 2.82 bits per heavy atom. The largest absolute Gasteiger partial charge is 0.381 e. The first-order chi connectivity index (χ1) is 8.15. The van der Waals surface area contributed by atoms with Crippen molar-refractivity contribution in [2.24, 2.45) is 0 Å². The monoisotopic (exact) mass is 245 g/mol. The Labute approximate surface area is 99.2 Å². The van der Waals surface area contributed by atoms with E-state index < -0.39 is 11.6 Å². The SMILES string of the molecule is CCCCOCCNc1nc(N)c(F)cc1F. The van der Waals surface area contributed by atoms with Gasteiger partial charge in [0.2, 0.25) is 0 Å². The van der Waals surface area contributed by atoms with Crippen LogP contribution in [0.1, 0.15) is 19.8 Å². The molecular formula is C11H17F2N3O. The van der Waals surface area contributed by atoms with Crippen molar-refractivity contribution in [1.82, 2.24) is 4.98 Å². The lowest BCUT2D eigenvalue weighted by Gasteiger charge is -2.08. The molecule has 1 aromatic rings. The minimum atomic E-state index is -0.854. The zero-order valence-corrected chi connectivity index (χ0v) is 9.80. The first-order valence-corrected chi connectivity index (χ1v) is 5.58. The summed E-state index contributed by atoms with van der Waals surface area (Å²) < 4.78 is 31.3. The summed E-state index contributed by atoms with van der Waals surface area (Å²) in [6.07, 6.45) is 2.06. The van der Waals surface area contributed by atoms with Crippen molar-refractivity contribution < 1.29 is 13.5 Å². The van der Waals surface area contributed by atoms with Gasteiger partial charge in [-0.3, -0.25) is 0 Å². The number of halogens is 2. The van der Waals surface area contributed by atoms with Crippen LogP contribution in [-0.2, 0) is 4.74 Å². The fourth-order valence-electron chi connectivity index (χ4n) is 1.19. The Balaban J connectivity index is 2.34. The Morgan fingerprint density at radius 1 is 1.35 bits per heavy atom. The van der Waals surface area contributed by atoms with Gasteiger partial charge in [0.1, 0.15) is 0 Å². The minimum Gasteiger partial charge on any atom is -0.381 e. The molecule has 0 amide bonds. The van der Waals surface area contributed by atoms with E-state index in [-0.39, 0.29) is 11.6 Å². The quantitative estimate of drug-likeness (QED) is 0.723. The number of nitrogens with zero attached hydrogens (tertiary/aromatic N) is 1. The molecule has 1 heterocycles. The second-order valence-electron chi connectivity index (χ2n) is 3.58. The van der Waals surface area contributed by atoms with Crippen LogP contribution >= 0.6 is 0 Å². The maximum Gasteiger partial charge on any atom is 0.168 e. The van der Waals surface area contributed by atoms with Crippen LogP contribution in [0.3, 0.4) is 0 Å². The third-order valence-corrected chi connectivity index (χ3v) is 2.14. The van der Waals surface area contributed by atoms with Gasteiger partial charge >= 0.3 is 0 Å². The standard InChI is InChI=1S/C11H17F2N3O/c1-2-3-5-17-6-4-15-11-9(13)7-8(12)10(14)16-11/h7H,2-6H2,1H3,(H3,14,15,16). The number of aromatic nitrogens is 1. The molecule has 0 fully saturated rings. The van der Waals surface area contributed by atoms with Gasteiger partial charge in [-0.2, -0.15) is 0 Å². The van der Waals surface area contributed by atoms with E-state index in [1.807, 2.05) is 0 Å². The van der Waals surface area contributed by atoms with E-state index in [2.05, 4.69) is 17.2 Å². The molecule has 0 bridgehead atoms. The van der Waals surface area contributed by atoms with E-state index in [1.165, 1.54) is 0 Å². The van der Waals surface area contributed by atoms with Crippen LogP contribution in [0.2, 0.25) is 0 Å². The third-order valence-electron chi connectivity index (χ3n) is 2.14. The lowest BCUT2D eigenvalue weighted by Crippen LogP contribution is -2.13. The molecule has 0 saturated heterocycles. The average Bonchev–Trinajstić information content (AvgIpc) is 2.30. The normalized spacial score (nSPS) is 10.5. The molecule has 0 unspecified atom stereocenters. The van der Waals surface area contributed by atoms with Crippen molar-refractivity contribution in [1.29, 1.82) is 0 Å². The van der Waals surface area contributed by atoms with E-state index in [0.29, 0.717) is 25.8 Å². The molecule has 0 atom stereocenters. The smallest absolute Gasteiger partial charge is 0.168 e. The minimum absolute atomic E-state index is 0.0528. The molecule has 0 radical (unpaired) electrons. The summed E-state index contributed by atoms with van der Waals surface area (Å²) in [6, 6.07) is 0.711. The Bertz CT molecular complexity index is 361. The fourth-order valence-corrected chi connectivity index (χ4v) is 1.19. The Hall–Kier alpha value is -1.43. The van der Waals surface area contributed by atoms with Crippen LogP contribution in [0.4, 0.5) is 20.4 Å². The number of rotatable bonds is 7. The number of ether oxygens (including phenoxy) is 1. The fraction of sp³-hybridized carbons (Fsp3) is 0.545. The summed E-state index contributed by atoms with van der Waals surface area (Å²) in [5.74, 6) is -1.98. The molecule has 1 rings (SSSR count). The summed E-state index contributed by atoms with van der Waals surface area (Å²) in [7, 11) is 0. The maximum atomic E-state index is 13.2. The molecule has 17 heavy (non-hydrogen) atoms. The lowest BCUT2D eigenvalue weighted by atomic mass is 10.4. The van der Waals surface area contributed by atoms with Gasteiger partial charge in [-0.1, -0.05) is 13.3 Å². The molecule has 0 aliphatic rings. The molecule has 4 nitrogen and oxygen atoms in total. The van der Waals surface area contributed by atoms with Gasteiger partial charge in [0.05, 0.1) is 6.61 Å². The number of hydrogen-bond acceptors (Lipinski definition) is 4. The number of anilines is 2. The topological polar surface area (TPSA) is 60.2 Å². The highest BCUT2D eigenvalue weighted by Crippen LogP contribution is 2.15.